The van der Waals surface area contributed by atoms with E-state index in [1.54, 1.807) is 25.3 Å². The lowest BCUT2D eigenvalue weighted by atomic mass is 10.2. The van der Waals surface area contributed by atoms with Crippen molar-refractivity contribution in [2.75, 3.05) is 45.2 Å². The van der Waals surface area contributed by atoms with Crippen molar-refractivity contribution in [3.8, 4) is 5.75 Å². The van der Waals surface area contributed by atoms with Gasteiger partial charge in [-0.25, -0.2) is 0 Å². The number of methoxy groups -OCH3 is 1. The number of ether oxygens (including phenoxy) is 1. The van der Waals surface area contributed by atoms with Gasteiger partial charge in [-0.05, 0) is 30.3 Å². The maximum Gasteiger partial charge on any atom is 0.238 e. The van der Waals surface area contributed by atoms with E-state index in [0.717, 1.165) is 38.4 Å². The molecule has 1 N–H and O–H groups in total. The van der Waals surface area contributed by atoms with Crippen LogP contribution in [0.5, 0.6) is 5.75 Å². The number of piperazine rings is 1. The second kappa shape index (κ2) is 8.98. The monoisotopic (exact) mass is 374 g/mol. The molecule has 0 spiro atoms. The van der Waals surface area contributed by atoms with Crippen LogP contribution in [0.15, 0.2) is 42.6 Å². The van der Waals surface area contributed by atoms with E-state index in [9.17, 15) is 4.79 Å². The molecule has 0 atom stereocenters. The van der Waals surface area contributed by atoms with Crippen LogP contribution in [-0.4, -0.2) is 60.5 Å². The fourth-order valence-corrected chi connectivity index (χ4v) is 3.17. The second-order valence-electron chi connectivity index (χ2n) is 6.27. The first kappa shape index (κ1) is 18.6. The number of carbonyl (C=O) groups is 1. The number of nitrogens with zero attached hydrogens (tertiary/aromatic N) is 3. The number of aromatic nitrogens is 1. The van der Waals surface area contributed by atoms with Crippen LogP contribution in [0.1, 0.15) is 5.69 Å². The zero-order valence-electron chi connectivity index (χ0n) is 14.8. The van der Waals surface area contributed by atoms with Crippen molar-refractivity contribution >= 4 is 23.2 Å². The first-order valence-electron chi connectivity index (χ1n) is 8.62. The highest BCUT2D eigenvalue weighted by Crippen LogP contribution is 2.27. The molecule has 6 nitrogen and oxygen atoms in total. The Morgan fingerprint density at radius 3 is 2.65 bits per heavy atom. The largest absolute Gasteiger partial charge is 0.495 e. The van der Waals surface area contributed by atoms with E-state index in [1.165, 1.54) is 0 Å². The topological polar surface area (TPSA) is 57.7 Å². The number of amides is 1. The lowest BCUT2D eigenvalue weighted by Crippen LogP contribution is -2.48. The minimum absolute atomic E-state index is 0.0660. The highest BCUT2D eigenvalue weighted by Gasteiger charge is 2.20. The predicted octanol–water partition coefficient (Wildman–Crippen LogP) is 2.50. The molecule has 1 aliphatic rings. The van der Waals surface area contributed by atoms with E-state index < -0.39 is 0 Å². The summed E-state index contributed by atoms with van der Waals surface area (Å²) in [5, 5.41) is 3.45. The van der Waals surface area contributed by atoms with Crippen LogP contribution in [0.25, 0.3) is 0 Å². The SMILES string of the molecule is COc1ccc(Cl)cc1NC(=O)CN1CCN(Cc2ccccn2)CC1. The number of hydrogen-bond acceptors (Lipinski definition) is 5. The molecule has 2 aromatic rings. The molecule has 0 saturated carbocycles. The molecule has 0 unspecified atom stereocenters. The molecule has 1 fully saturated rings. The maximum absolute atomic E-state index is 12.4. The van der Waals surface area contributed by atoms with Crippen molar-refractivity contribution < 1.29 is 9.53 Å². The van der Waals surface area contributed by atoms with Gasteiger partial charge in [-0.15, -0.1) is 0 Å². The Bertz CT molecular complexity index is 734. The quantitative estimate of drug-likeness (QED) is 0.841. The van der Waals surface area contributed by atoms with Crippen LogP contribution < -0.4 is 10.1 Å². The Labute approximate surface area is 158 Å². The van der Waals surface area contributed by atoms with Crippen molar-refractivity contribution in [2.45, 2.75) is 6.54 Å². The van der Waals surface area contributed by atoms with Gasteiger partial charge in [0, 0.05) is 43.9 Å². The third kappa shape index (κ3) is 5.17. The number of anilines is 1. The molecule has 26 heavy (non-hydrogen) atoms. The Kier molecular flexibility index (Phi) is 6.44. The summed E-state index contributed by atoms with van der Waals surface area (Å²) in [7, 11) is 1.57. The number of benzene rings is 1. The van der Waals surface area contributed by atoms with Gasteiger partial charge in [0.15, 0.2) is 0 Å². The predicted molar refractivity (Wildman–Crippen MR) is 103 cm³/mol. The molecule has 0 bridgehead atoms. The molecule has 0 aliphatic carbocycles. The number of halogens is 1. The molecule has 1 saturated heterocycles. The number of nitrogens with one attached hydrogen (secondary N) is 1. The number of pyridine rings is 1. The molecule has 1 amide bonds. The maximum atomic E-state index is 12.4. The molecular formula is C19H23ClN4O2. The van der Waals surface area contributed by atoms with E-state index in [2.05, 4.69) is 20.1 Å². The molecule has 138 valence electrons. The summed E-state index contributed by atoms with van der Waals surface area (Å²) >= 11 is 6.00. The minimum atomic E-state index is -0.0660. The van der Waals surface area contributed by atoms with E-state index >= 15 is 0 Å². The van der Waals surface area contributed by atoms with Crippen LogP contribution in [0.3, 0.4) is 0 Å². The fourth-order valence-electron chi connectivity index (χ4n) is 3.00. The third-order valence-electron chi connectivity index (χ3n) is 4.38. The standard InChI is InChI=1S/C19H23ClN4O2/c1-26-18-6-5-15(20)12-17(18)22-19(25)14-24-10-8-23(9-11-24)13-16-4-2-3-7-21-16/h2-7,12H,8-11,13-14H2,1H3,(H,22,25). The van der Waals surface area contributed by atoms with Gasteiger partial charge in [-0.3, -0.25) is 19.6 Å². The summed E-state index contributed by atoms with van der Waals surface area (Å²) in [6.07, 6.45) is 1.82. The van der Waals surface area contributed by atoms with Gasteiger partial charge in [0.25, 0.3) is 0 Å². The van der Waals surface area contributed by atoms with Gasteiger partial charge in [-0.1, -0.05) is 17.7 Å². The summed E-state index contributed by atoms with van der Waals surface area (Å²) in [5.41, 5.74) is 1.67. The minimum Gasteiger partial charge on any atom is -0.495 e. The van der Waals surface area contributed by atoms with Crippen LogP contribution in [0.2, 0.25) is 5.02 Å². The first-order valence-corrected chi connectivity index (χ1v) is 9.00. The van der Waals surface area contributed by atoms with Crippen LogP contribution in [0, 0.1) is 0 Å². The summed E-state index contributed by atoms with van der Waals surface area (Å²) in [4.78, 5) is 21.2. The highest BCUT2D eigenvalue weighted by atomic mass is 35.5. The third-order valence-corrected chi connectivity index (χ3v) is 4.61. The van der Waals surface area contributed by atoms with Crippen molar-refractivity contribution in [3.05, 3.63) is 53.3 Å². The highest BCUT2D eigenvalue weighted by molar-refractivity contribution is 6.31. The van der Waals surface area contributed by atoms with Gasteiger partial charge in [-0.2, -0.15) is 0 Å². The zero-order valence-corrected chi connectivity index (χ0v) is 15.6. The van der Waals surface area contributed by atoms with E-state index in [1.807, 2.05) is 24.4 Å². The summed E-state index contributed by atoms with van der Waals surface area (Å²) in [6.45, 7) is 4.75. The molecule has 1 aromatic heterocycles. The van der Waals surface area contributed by atoms with Crippen molar-refractivity contribution in [1.82, 2.24) is 14.8 Å². The van der Waals surface area contributed by atoms with Crippen molar-refractivity contribution in [1.29, 1.82) is 0 Å². The molecular weight excluding hydrogens is 352 g/mol. The van der Waals surface area contributed by atoms with Crippen molar-refractivity contribution in [2.24, 2.45) is 0 Å². The molecule has 1 aromatic carbocycles. The molecule has 1 aliphatic heterocycles. The lowest BCUT2D eigenvalue weighted by molar-refractivity contribution is -0.117. The molecule has 3 rings (SSSR count). The fraction of sp³-hybridized carbons (Fsp3) is 0.368. The average molecular weight is 375 g/mol. The first-order chi connectivity index (χ1) is 12.6. The smallest absolute Gasteiger partial charge is 0.238 e. The summed E-state index contributed by atoms with van der Waals surface area (Å²) in [5.74, 6) is 0.534. The van der Waals surface area contributed by atoms with Crippen LogP contribution >= 0.6 is 11.6 Å². The van der Waals surface area contributed by atoms with Crippen LogP contribution in [0.4, 0.5) is 5.69 Å². The summed E-state index contributed by atoms with van der Waals surface area (Å²) in [6, 6.07) is 11.1. The normalized spacial score (nSPS) is 15.6. The average Bonchev–Trinajstić information content (AvgIpc) is 2.64. The Morgan fingerprint density at radius 1 is 1.19 bits per heavy atom. The van der Waals surface area contributed by atoms with E-state index in [-0.39, 0.29) is 5.91 Å². The Hall–Kier alpha value is -2.15. The van der Waals surface area contributed by atoms with E-state index in [0.29, 0.717) is 23.0 Å². The zero-order chi connectivity index (χ0) is 18.4. The van der Waals surface area contributed by atoms with Gasteiger partial charge >= 0.3 is 0 Å². The van der Waals surface area contributed by atoms with Gasteiger partial charge in [0.1, 0.15) is 5.75 Å². The number of hydrogen-bond donors (Lipinski definition) is 1. The van der Waals surface area contributed by atoms with Gasteiger partial charge in [0.2, 0.25) is 5.91 Å². The van der Waals surface area contributed by atoms with Crippen LogP contribution in [-0.2, 0) is 11.3 Å². The lowest BCUT2D eigenvalue weighted by Gasteiger charge is -2.34. The number of rotatable bonds is 6. The molecule has 0 radical (unpaired) electrons. The molecule has 2 heterocycles. The summed E-state index contributed by atoms with van der Waals surface area (Å²) < 4.78 is 5.26. The number of carbonyl (C=O) groups excluding carboxylic acids is 1. The Morgan fingerprint density at radius 2 is 1.96 bits per heavy atom. The van der Waals surface area contributed by atoms with E-state index in [4.69, 9.17) is 16.3 Å². The van der Waals surface area contributed by atoms with Gasteiger partial charge < -0.3 is 10.1 Å². The molecule has 7 heteroatoms. The van der Waals surface area contributed by atoms with Gasteiger partial charge in [0.05, 0.1) is 25.0 Å². The second-order valence-corrected chi connectivity index (χ2v) is 6.70. The Balaban J connectivity index is 1.47. The van der Waals surface area contributed by atoms with Crippen molar-refractivity contribution in [3.63, 3.8) is 0 Å².